The van der Waals surface area contributed by atoms with E-state index in [9.17, 15) is 4.79 Å². The van der Waals surface area contributed by atoms with Gasteiger partial charge in [0.05, 0.1) is 6.04 Å². The van der Waals surface area contributed by atoms with Crippen LogP contribution in [0, 0.1) is 0 Å². The van der Waals surface area contributed by atoms with Crippen molar-refractivity contribution in [3.05, 3.63) is 34.3 Å². The summed E-state index contributed by atoms with van der Waals surface area (Å²) in [6.07, 6.45) is 3.27. The second-order valence-electron chi connectivity index (χ2n) is 4.35. The molecule has 5 heteroatoms. The molecule has 0 aromatic heterocycles. The van der Waals surface area contributed by atoms with Gasteiger partial charge in [-0.1, -0.05) is 34.5 Å². The molecule has 1 saturated heterocycles. The molecule has 3 nitrogen and oxygen atoms in total. The van der Waals surface area contributed by atoms with Crippen molar-refractivity contribution in [1.29, 1.82) is 0 Å². The molecular formula is C13H18BrClN2O. The number of amides is 1. The number of benzene rings is 1. The molecule has 100 valence electrons. The molecule has 0 saturated carbocycles. The van der Waals surface area contributed by atoms with Crippen LogP contribution in [-0.4, -0.2) is 18.5 Å². The lowest BCUT2D eigenvalue weighted by molar-refractivity contribution is -0.123. The molecule has 0 aliphatic carbocycles. The Morgan fingerprint density at radius 1 is 1.44 bits per heavy atom. The van der Waals surface area contributed by atoms with E-state index in [0.29, 0.717) is 6.54 Å². The van der Waals surface area contributed by atoms with Crippen LogP contribution in [0.1, 0.15) is 24.8 Å². The van der Waals surface area contributed by atoms with Gasteiger partial charge < -0.3 is 10.6 Å². The van der Waals surface area contributed by atoms with Crippen molar-refractivity contribution in [2.24, 2.45) is 0 Å². The molecule has 1 heterocycles. The summed E-state index contributed by atoms with van der Waals surface area (Å²) in [4.78, 5) is 11.9. The third-order valence-corrected chi connectivity index (χ3v) is 3.48. The molecule has 1 fully saturated rings. The van der Waals surface area contributed by atoms with E-state index < -0.39 is 0 Å². The van der Waals surface area contributed by atoms with Crippen molar-refractivity contribution in [3.63, 3.8) is 0 Å². The van der Waals surface area contributed by atoms with Gasteiger partial charge in [0.2, 0.25) is 5.91 Å². The Labute approximate surface area is 122 Å². The zero-order chi connectivity index (χ0) is 12.1. The highest BCUT2D eigenvalue weighted by atomic mass is 79.9. The third-order valence-electron chi connectivity index (χ3n) is 2.98. The molecule has 0 bridgehead atoms. The third kappa shape index (κ3) is 4.59. The van der Waals surface area contributed by atoms with E-state index >= 15 is 0 Å². The summed E-state index contributed by atoms with van der Waals surface area (Å²) in [7, 11) is 0. The summed E-state index contributed by atoms with van der Waals surface area (Å²) in [5.74, 6) is 0.115. The summed E-state index contributed by atoms with van der Waals surface area (Å²) in [6.45, 7) is 1.55. The van der Waals surface area contributed by atoms with E-state index in [4.69, 9.17) is 0 Å². The zero-order valence-electron chi connectivity index (χ0n) is 10.1. The number of carbonyl (C=O) groups excluding carboxylic acids is 1. The van der Waals surface area contributed by atoms with Crippen LogP contribution < -0.4 is 10.6 Å². The number of halogens is 2. The first-order chi connectivity index (χ1) is 8.25. The fourth-order valence-electron chi connectivity index (χ4n) is 2.03. The van der Waals surface area contributed by atoms with Crippen molar-refractivity contribution in [3.8, 4) is 0 Å². The molecule has 1 unspecified atom stereocenters. The second kappa shape index (κ2) is 7.77. The summed E-state index contributed by atoms with van der Waals surface area (Å²) >= 11 is 3.42. The Morgan fingerprint density at radius 3 is 2.94 bits per heavy atom. The lowest BCUT2D eigenvalue weighted by atomic mass is 10.0. The van der Waals surface area contributed by atoms with Crippen LogP contribution in [0.3, 0.4) is 0 Å². The topological polar surface area (TPSA) is 41.1 Å². The van der Waals surface area contributed by atoms with E-state index in [-0.39, 0.29) is 24.4 Å². The molecular weight excluding hydrogens is 316 g/mol. The maximum absolute atomic E-state index is 11.9. The highest BCUT2D eigenvalue weighted by Gasteiger charge is 2.19. The van der Waals surface area contributed by atoms with E-state index in [0.717, 1.165) is 29.4 Å². The van der Waals surface area contributed by atoms with E-state index in [1.807, 2.05) is 24.3 Å². The lowest BCUT2D eigenvalue weighted by Crippen LogP contribution is -2.46. The minimum atomic E-state index is -0.00379. The van der Waals surface area contributed by atoms with Crippen LogP contribution in [0.15, 0.2) is 28.7 Å². The number of nitrogens with one attached hydrogen (secondary N) is 2. The average molecular weight is 334 g/mol. The minimum Gasteiger partial charge on any atom is -0.351 e. The zero-order valence-corrected chi connectivity index (χ0v) is 12.5. The monoisotopic (exact) mass is 332 g/mol. The van der Waals surface area contributed by atoms with Crippen LogP contribution in [0.2, 0.25) is 0 Å². The second-order valence-corrected chi connectivity index (χ2v) is 5.27. The normalized spacial score (nSPS) is 18.8. The average Bonchev–Trinajstić information content (AvgIpc) is 2.37. The number of hydrogen-bond donors (Lipinski definition) is 2. The maximum atomic E-state index is 11.9. The Bertz CT molecular complexity index is 394. The molecule has 1 aromatic rings. The van der Waals surface area contributed by atoms with Crippen molar-refractivity contribution >= 4 is 34.2 Å². The summed E-state index contributed by atoms with van der Waals surface area (Å²) < 4.78 is 1.04. The first-order valence-electron chi connectivity index (χ1n) is 6.01. The van der Waals surface area contributed by atoms with Crippen LogP contribution in [0.25, 0.3) is 0 Å². The van der Waals surface area contributed by atoms with E-state index in [1.165, 1.54) is 6.42 Å². The van der Waals surface area contributed by atoms with Gasteiger partial charge in [-0.3, -0.25) is 4.79 Å². The summed E-state index contributed by atoms with van der Waals surface area (Å²) in [5, 5.41) is 6.22. The van der Waals surface area contributed by atoms with Crippen LogP contribution >= 0.6 is 28.3 Å². The van der Waals surface area contributed by atoms with Crippen LogP contribution in [-0.2, 0) is 11.3 Å². The van der Waals surface area contributed by atoms with Gasteiger partial charge in [0.1, 0.15) is 0 Å². The quantitative estimate of drug-likeness (QED) is 0.893. The van der Waals surface area contributed by atoms with Gasteiger partial charge in [-0.05, 0) is 37.1 Å². The highest BCUT2D eigenvalue weighted by Crippen LogP contribution is 2.12. The Hall–Kier alpha value is -0.580. The van der Waals surface area contributed by atoms with E-state index in [2.05, 4.69) is 26.6 Å². The Kier molecular flexibility index (Phi) is 6.68. The molecule has 1 aromatic carbocycles. The SMILES string of the molecule is Cl.O=C(NCc1cccc(Br)c1)C1CCCCN1. The molecule has 2 rings (SSSR count). The molecule has 18 heavy (non-hydrogen) atoms. The molecule has 1 aliphatic rings. The largest absolute Gasteiger partial charge is 0.351 e. The molecule has 1 atom stereocenters. The number of hydrogen-bond acceptors (Lipinski definition) is 2. The van der Waals surface area contributed by atoms with Gasteiger partial charge in [0, 0.05) is 11.0 Å². The lowest BCUT2D eigenvalue weighted by Gasteiger charge is -2.22. The smallest absolute Gasteiger partial charge is 0.237 e. The molecule has 1 aliphatic heterocycles. The van der Waals surface area contributed by atoms with Gasteiger partial charge in [0.25, 0.3) is 0 Å². The number of carbonyl (C=O) groups is 1. The van der Waals surface area contributed by atoms with Crippen molar-refractivity contribution in [2.45, 2.75) is 31.8 Å². The van der Waals surface area contributed by atoms with Crippen LogP contribution in [0.5, 0.6) is 0 Å². The van der Waals surface area contributed by atoms with Gasteiger partial charge in [0.15, 0.2) is 0 Å². The predicted molar refractivity (Wildman–Crippen MR) is 78.9 cm³/mol. The summed E-state index contributed by atoms with van der Waals surface area (Å²) in [6, 6.07) is 7.99. The maximum Gasteiger partial charge on any atom is 0.237 e. The summed E-state index contributed by atoms with van der Waals surface area (Å²) in [5.41, 5.74) is 1.11. The van der Waals surface area contributed by atoms with E-state index in [1.54, 1.807) is 0 Å². The molecule has 0 spiro atoms. The Balaban J connectivity index is 0.00000162. The van der Waals surface area contributed by atoms with Gasteiger partial charge in [-0.2, -0.15) is 0 Å². The number of rotatable bonds is 3. The van der Waals surface area contributed by atoms with Gasteiger partial charge in [-0.15, -0.1) is 12.4 Å². The fraction of sp³-hybridized carbons (Fsp3) is 0.462. The van der Waals surface area contributed by atoms with Gasteiger partial charge in [-0.25, -0.2) is 0 Å². The molecule has 1 amide bonds. The first-order valence-corrected chi connectivity index (χ1v) is 6.80. The fourth-order valence-corrected chi connectivity index (χ4v) is 2.48. The van der Waals surface area contributed by atoms with Crippen molar-refractivity contribution in [1.82, 2.24) is 10.6 Å². The minimum absolute atomic E-state index is 0. The van der Waals surface area contributed by atoms with Crippen molar-refractivity contribution < 1.29 is 4.79 Å². The van der Waals surface area contributed by atoms with Crippen LogP contribution in [0.4, 0.5) is 0 Å². The standard InChI is InChI=1S/C13H17BrN2O.ClH/c14-11-5-3-4-10(8-11)9-16-13(17)12-6-1-2-7-15-12;/h3-5,8,12,15H,1-2,6-7,9H2,(H,16,17);1H. The highest BCUT2D eigenvalue weighted by molar-refractivity contribution is 9.10. The molecule has 0 radical (unpaired) electrons. The van der Waals surface area contributed by atoms with Gasteiger partial charge >= 0.3 is 0 Å². The first kappa shape index (κ1) is 15.5. The predicted octanol–water partition coefficient (Wildman–Crippen LogP) is 2.63. The Morgan fingerprint density at radius 2 is 2.28 bits per heavy atom. The van der Waals surface area contributed by atoms with Crippen molar-refractivity contribution in [2.75, 3.05) is 6.54 Å². The number of piperidine rings is 1. The molecule has 2 N–H and O–H groups in total.